The summed E-state index contributed by atoms with van der Waals surface area (Å²) >= 11 is 1.35. The largest absolute Gasteiger partial charge is 0.383 e. The molecule has 148 valence electrons. The molecule has 0 fully saturated rings. The lowest BCUT2D eigenvalue weighted by Crippen LogP contribution is -2.27. The first-order valence-electron chi connectivity index (χ1n) is 8.31. The van der Waals surface area contributed by atoms with Gasteiger partial charge in [-0.2, -0.15) is 0 Å². The first kappa shape index (κ1) is 20.1. The molecule has 0 atom stereocenters. The molecule has 0 saturated carbocycles. The molecule has 4 N–H and O–H groups in total. The van der Waals surface area contributed by atoms with E-state index in [1.54, 1.807) is 24.4 Å². The second kappa shape index (κ2) is 8.61. The molecule has 2 aromatic heterocycles. The lowest BCUT2D eigenvalue weighted by atomic mass is 10.3. The van der Waals surface area contributed by atoms with Crippen molar-refractivity contribution in [2.75, 3.05) is 31.3 Å². The Morgan fingerprint density at radius 1 is 1.25 bits per heavy atom. The molecule has 0 bridgehead atoms. The normalized spacial score (nSPS) is 11.5. The van der Waals surface area contributed by atoms with Gasteiger partial charge >= 0.3 is 0 Å². The lowest BCUT2D eigenvalue weighted by molar-refractivity contribution is 0.204. The monoisotopic (exact) mass is 420 g/mol. The summed E-state index contributed by atoms with van der Waals surface area (Å²) in [6, 6.07) is 8.18. The Balaban J connectivity index is 1.81. The van der Waals surface area contributed by atoms with Gasteiger partial charge in [0.15, 0.2) is 5.13 Å². The van der Waals surface area contributed by atoms with Crippen LogP contribution >= 0.6 is 11.3 Å². The molecule has 1 aromatic carbocycles. The van der Waals surface area contributed by atoms with Crippen LogP contribution in [-0.4, -0.2) is 43.6 Å². The van der Waals surface area contributed by atoms with E-state index in [4.69, 9.17) is 10.5 Å². The molecule has 11 heteroatoms. The highest BCUT2D eigenvalue weighted by Gasteiger charge is 2.14. The number of nitrogen functional groups attached to an aromatic ring is 1. The highest BCUT2D eigenvalue weighted by Crippen LogP contribution is 2.30. The van der Waals surface area contributed by atoms with Gasteiger partial charge < -0.3 is 15.8 Å². The van der Waals surface area contributed by atoms with Gasteiger partial charge in [-0.1, -0.05) is 17.4 Å². The third-order valence-electron chi connectivity index (χ3n) is 3.70. The quantitative estimate of drug-likeness (QED) is 0.472. The predicted octanol–water partition coefficient (Wildman–Crippen LogP) is 2.16. The van der Waals surface area contributed by atoms with Gasteiger partial charge in [0.2, 0.25) is 16.0 Å². The first-order chi connectivity index (χ1) is 13.4. The summed E-state index contributed by atoms with van der Waals surface area (Å²) in [6.07, 6.45) is 1.62. The van der Waals surface area contributed by atoms with Gasteiger partial charge in [-0.15, -0.1) is 0 Å². The van der Waals surface area contributed by atoms with Crippen LogP contribution in [0.3, 0.4) is 0 Å². The fraction of sp³-hybridized carbons (Fsp3) is 0.235. The minimum Gasteiger partial charge on any atom is -0.383 e. The molecule has 28 heavy (non-hydrogen) atoms. The fourth-order valence-corrected chi connectivity index (χ4v) is 4.29. The molecule has 0 aliphatic carbocycles. The van der Waals surface area contributed by atoms with E-state index in [0.717, 1.165) is 10.6 Å². The van der Waals surface area contributed by atoms with Crippen molar-refractivity contribution in [1.29, 1.82) is 0 Å². The zero-order valence-electron chi connectivity index (χ0n) is 15.3. The van der Waals surface area contributed by atoms with Gasteiger partial charge in [-0.25, -0.2) is 28.1 Å². The number of hydrogen-bond acceptors (Lipinski definition) is 9. The SMILES string of the molecule is COCCNS(=O)(=O)c1cccc(Nc2nccc(-c3sc(N)nc3C)n2)c1. The third kappa shape index (κ3) is 4.81. The van der Waals surface area contributed by atoms with Crippen molar-refractivity contribution in [2.24, 2.45) is 0 Å². The average molecular weight is 421 g/mol. The maximum absolute atomic E-state index is 12.3. The van der Waals surface area contributed by atoms with Crippen LogP contribution in [0.4, 0.5) is 16.8 Å². The lowest BCUT2D eigenvalue weighted by Gasteiger charge is -2.09. The number of nitrogens with zero attached hydrogens (tertiary/aromatic N) is 3. The summed E-state index contributed by atoms with van der Waals surface area (Å²) in [6.45, 7) is 2.35. The van der Waals surface area contributed by atoms with E-state index in [2.05, 4.69) is 25.0 Å². The molecule has 0 spiro atoms. The number of aryl methyl sites for hydroxylation is 1. The highest BCUT2D eigenvalue weighted by molar-refractivity contribution is 7.89. The number of aromatic nitrogens is 3. The second-order valence-electron chi connectivity index (χ2n) is 5.78. The van der Waals surface area contributed by atoms with E-state index in [1.807, 2.05) is 6.92 Å². The summed E-state index contributed by atoms with van der Waals surface area (Å²) in [7, 11) is -2.12. The third-order valence-corrected chi connectivity index (χ3v) is 6.17. The highest BCUT2D eigenvalue weighted by atomic mass is 32.2. The van der Waals surface area contributed by atoms with Crippen molar-refractivity contribution >= 4 is 38.1 Å². The summed E-state index contributed by atoms with van der Waals surface area (Å²) in [4.78, 5) is 13.9. The van der Waals surface area contributed by atoms with Crippen LogP contribution < -0.4 is 15.8 Å². The van der Waals surface area contributed by atoms with Gasteiger partial charge in [-0.05, 0) is 31.2 Å². The minimum atomic E-state index is -3.63. The molecule has 2 heterocycles. The zero-order chi connectivity index (χ0) is 20.1. The number of rotatable bonds is 8. The molecular formula is C17H20N6O3S2. The molecule has 0 aliphatic heterocycles. The second-order valence-corrected chi connectivity index (χ2v) is 8.57. The molecule has 0 amide bonds. The van der Waals surface area contributed by atoms with E-state index in [9.17, 15) is 8.42 Å². The van der Waals surface area contributed by atoms with Crippen LogP contribution in [0.2, 0.25) is 0 Å². The number of thiazole rings is 1. The van der Waals surface area contributed by atoms with Crippen LogP contribution in [0.15, 0.2) is 41.4 Å². The molecule has 0 radical (unpaired) electrons. The molecule has 0 aliphatic rings. The number of benzene rings is 1. The molecule has 0 saturated heterocycles. The Morgan fingerprint density at radius 3 is 2.79 bits per heavy atom. The molecular weight excluding hydrogens is 400 g/mol. The van der Waals surface area contributed by atoms with Gasteiger partial charge in [0.1, 0.15) is 0 Å². The zero-order valence-corrected chi connectivity index (χ0v) is 17.0. The number of hydrogen-bond donors (Lipinski definition) is 3. The number of anilines is 3. The van der Waals surface area contributed by atoms with Gasteiger partial charge in [0.05, 0.1) is 27.8 Å². The maximum Gasteiger partial charge on any atom is 0.240 e. The number of nitrogens with two attached hydrogens (primary N) is 1. The van der Waals surface area contributed by atoms with Crippen LogP contribution in [0, 0.1) is 6.92 Å². The van der Waals surface area contributed by atoms with E-state index in [0.29, 0.717) is 29.1 Å². The van der Waals surface area contributed by atoms with Crippen LogP contribution in [-0.2, 0) is 14.8 Å². The Hall–Kier alpha value is -2.60. The average Bonchev–Trinajstić information content (AvgIpc) is 3.00. The van der Waals surface area contributed by atoms with Crippen molar-refractivity contribution < 1.29 is 13.2 Å². The van der Waals surface area contributed by atoms with Crippen LogP contribution in [0.5, 0.6) is 0 Å². The Morgan fingerprint density at radius 2 is 2.07 bits per heavy atom. The number of sulfonamides is 1. The summed E-state index contributed by atoms with van der Waals surface area (Å²) in [5, 5.41) is 3.51. The molecule has 3 aromatic rings. The minimum absolute atomic E-state index is 0.135. The summed E-state index contributed by atoms with van der Waals surface area (Å²) in [5.41, 5.74) is 7.79. The number of methoxy groups -OCH3 is 1. The van der Waals surface area contributed by atoms with Crippen molar-refractivity contribution in [1.82, 2.24) is 19.7 Å². The number of nitrogens with one attached hydrogen (secondary N) is 2. The molecule has 0 unspecified atom stereocenters. The Bertz CT molecular complexity index is 1070. The molecule has 3 rings (SSSR count). The number of ether oxygens (including phenoxy) is 1. The van der Waals surface area contributed by atoms with E-state index in [-0.39, 0.29) is 11.4 Å². The van der Waals surface area contributed by atoms with Crippen molar-refractivity contribution in [3.63, 3.8) is 0 Å². The smallest absolute Gasteiger partial charge is 0.240 e. The summed E-state index contributed by atoms with van der Waals surface area (Å²) < 4.78 is 32.0. The standard InChI is InChI=1S/C17H20N6O3S2/c1-11-15(27-16(18)21-11)14-6-7-19-17(23-14)22-12-4-3-5-13(10-12)28(24,25)20-8-9-26-2/h3-7,10,20H,8-9H2,1-2H3,(H2,18,21)(H,19,22,23). The van der Waals surface area contributed by atoms with Gasteiger partial charge in [-0.3, -0.25) is 0 Å². The predicted molar refractivity (Wildman–Crippen MR) is 109 cm³/mol. The van der Waals surface area contributed by atoms with Crippen LogP contribution in [0.1, 0.15) is 5.69 Å². The Kier molecular flexibility index (Phi) is 6.19. The van der Waals surface area contributed by atoms with Gasteiger partial charge in [0, 0.05) is 25.5 Å². The fourth-order valence-electron chi connectivity index (χ4n) is 2.43. The van der Waals surface area contributed by atoms with Gasteiger partial charge in [0.25, 0.3) is 0 Å². The van der Waals surface area contributed by atoms with Crippen molar-refractivity contribution in [2.45, 2.75) is 11.8 Å². The van der Waals surface area contributed by atoms with E-state index >= 15 is 0 Å². The Labute approximate surface area is 167 Å². The molecule has 9 nitrogen and oxygen atoms in total. The van der Waals surface area contributed by atoms with E-state index < -0.39 is 10.0 Å². The topological polar surface area (TPSA) is 132 Å². The summed E-state index contributed by atoms with van der Waals surface area (Å²) in [5.74, 6) is 0.339. The van der Waals surface area contributed by atoms with Crippen LogP contribution in [0.25, 0.3) is 10.6 Å². The first-order valence-corrected chi connectivity index (χ1v) is 10.6. The maximum atomic E-state index is 12.3. The van der Waals surface area contributed by atoms with Crippen molar-refractivity contribution in [3.05, 3.63) is 42.2 Å². The van der Waals surface area contributed by atoms with Crippen molar-refractivity contribution in [3.8, 4) is 10.6 Å². The van der Waals surface area contributed by atoms with E-state index in [1.165, 1.54) is 30.6 Å².